The van der Waals surface area contributed by atoms with Gasteiger partial charge in [0.1, 0.15) is 7.11 Å². The summed E-state index contributed by atoms with van der Waals surface area (Å²) in [5.74, 6) is -0.354. The number of amidine groups is 1. The zero-order valence-corrected chi connectivity index (χ0v) is 4.40. The van der Waals surface area contributed by atoms with Gasteiger partial charge in [-0.2, -0.15) is 0 Å². The summed E-state index contributed by atoms with van der Waals surface area (Å²) in [5.41, 5.74) is 4.85. The fourth-order valence-electron chi connectivity index (χ4n) is 0.153. The van der Waals surface area contributed by atoms with Crippen molar-refractivity contribution in [3.63, 3.8) is 0 Å². The van der Waals surface area contributed by atoms with Gasteiger partial charge >= 0.3 is 0 Å². The second-order valence-electron chi connectivity index (χ2n) is 1.07. The molecule has 0 saturated heterocycles. The van der Waals surface area contributed by atoms with Gasteiger partial charge in [0.25, 0.3) is 0 Å². The summed E-state index contributed by atoms with van der Waals surface area (Å²) < 4.78 is 0. The molecule has 0 aromatic carbocycles. The Labute approximate surface area is 46.4 Å². The first-order chi connectivity index (χ1) is 3.68. The Kier molecular flexibility index (Phi) is 2.90. The molecule has 5 heteroatoms. The van der Waals surface area contributed by atoms with Crippen molar-refractivity contribution in [1.82, 2.24) is 0 Å². The van der Waals surface area contributed by atoms with Crippen LogP contribution in [-0.4, -0.2) is 29.4 Å². The average molecular weight is 120 g/mol. The highest BCUT2D eigenvalue weighted by Crippen LogP contribution is 1.75. The Morgan fingerprint density at radius 3 is 2.38 bits per heavy atom. The van der Waals surface area contributed by atoms with Gasteiger partial charge in [-0.1, -0.05) is 5.16 Å². The van der Waals surface area contributed by atoms with E-state index in [-0.39, 0.29) is 5.84 Å². The van der Waals surface area contributed by atoms with Crippen molar-refractivity contribution in [2.24, 2.45) is 10.9 Å². The highest BCUT2D eigenvalue weighted by atomic mass is 16.6. The van der Waals surface area contributed by atoms with Crippen molar-refractivity contribution >= 4 is 5.84 Å². The Bertz CT molecular complexity index is 90.5. The van der Waals surface area contributed by atoms with Crippen LogP contribution < -0.4 is 5.73 Å². The van der Waals surface area contributed by atoms with Gasteiger partial charge in [-0.15, -0.1) is 0 Å². The van der Waals surface area contributed by atoms with E-state index in [1.165, 1.54) is 7.11 Å². The molecule has 0 aromatic rings. The molecule has 8 heavy (non-hydrogen) atoms. The molecule has 4 N–H and O–H groups in total. The number of rotatable bonds is 2. The van der Waals surface area contributed by atoms with E-state index in [1.807, 2.05) is 0 Å². The van der Waals surface area contributed by atoms with Gasteiger partial charge < -0.3 is 20.8 Å². The summed E-state index contributed by atoms with van der Waals surface area (Å²) in [7, 11) is 1.26. The molecule has 0 rings (SSSR count). The predicted molar refractivity (Wildman–Crippen MR) is 26.9 cm³/mol. The van der Waals surface area contributed by atoms with Crippen LogP contribution in [0.4, 0.5) is 0 Å². The smallest absolute Gasteiger partial charge is 0.215 e. The molecule has 0 unspecified atom stereocenters. The lowest BCUT2D eigenvalue weighted by molar-refractivity contribution is 0.0150. The molecule has 0 bridgehead atoms. The molecule has 0 heterocycles. The Hall–Kier alpha value is -0.810. The molecular formula is C3H8N2O3. The topological polar surface area (TPSA) is 88.1 Å². The van der Waals surface area contributed by atoms with Crippen molar-refractivity contribution in [1.29, 1.82) is 0 Å². The van der Waals surface area contributed by atoms with E-state index in [4.69, 9.17) is 15.9 Å². The molecule has 0 atom stereocenters. The summed E-state index contributed by atoms with van der Waals surface area (Å²) in [6.07, 6.45) is -1.73. The van der Waals surface area contributed by atoms with Crippen LogP contribution in [-0.2, 0) is 4.84 Å². The van der Waals surface area contributed by atoms with Crippen LogP contribution in [0.25, 0.3) is 0 Å². The fraction of sp³-hybridized carbons (Fsp3) is 0.667. The summed E-state index contributed by atoms with van der Waals surface area (Å²) in [4.78, 5) is 4.11. The van der Waals surface area contributed by atoms with Crippen molar-refractivity contribution in [3.8, 4) is 0 Å². The molecule has 0 amide bonds. The summed E-state index contributed by atoms with van der Waals surface area (Å²) in [6.45, 7) is 0. The quantitative estimate of drug-likeness (QED) is 0.174. The van der Waals surface area contributed by atoms with E-state index >= 15 is 0 Å². The first-order valence-electron chi connectivity index (χ1n) is 1.91. The van der Waals surface area contributed by atoms with Crippen LogP contribution >= 0.6 is 0 Å². The van der Waals surface area contributed by atoms with Gasteiger partial charge in [0, 0.05) is 0 Å². The lowest BCUT2D eigenvalue weighted by Crippen LogP contribution is -2.28. The fourth-order valence-corrected chi connectivity index (χ4v) is 0.153. The van der Waals surface area contributed by atoms with E-state index in [0.29, 0.717) is 0 Å². The van der Waals surface area contributed by atoms with Crippen molar-refractivity contribution < 1.29 is 15.1 Å². The Balaban J connectivity index is 3.61. The summed E-state index contributed by atoms with van der Waals surface area (Å²) in [6, 6.07) is 0. The van der Waals surface area contributed by atoms with Gasteiger partial charge in [0.05, 0.1) is 0 Å². The lowest BCUT2D eigenvalue weighted by Gasteiger charge is -1.98. The first-order valence-corrected chi connectivity index (χ1v) is 1.91. The van der Waals surface area contributed by atoms with Crippen LogP contribution in [0.3, 0.4) is 0 Å². The molecule has 48 valence electrons. The van der Waals surface area contributed by atoms with Crippen molar-refractivity contribution in [2.45, 2.75) is 6.29 Å². The minimum atomic E-state index is -1.73. The van der Waals surface area contributed by atoms with Gasteiger partial charge in [-0.25, -0.2) is 0 Å². The third-order valence-electron chi connectivity index (χ3n) is 0.461. The van der Waals surface area contributed by atoms with E-state index < -0.39 is 6.29 Å². The molecule has 0 aromatic heterocycles. The summed E-state index contributed by atoms with van der Waals surface area (Å²) >= 11 is 0. The standard InChI is InChI=1S/C3H8N2O3/c1-8-5-2(4)3(6)7/h3,6-7H,1H3,(H2,4,5). The molecule has 0 saturated carbocycles. The van der Waals surface area contributed by atoms with E-state index in [1.54, 1.807) is 0 Å². The third-order valence-corrected chi connectivity index (χ3v) is 0.461. The van der Waals surface area contributed by atoms with E-state index in [2.05, 4.69) is 9.99 Å². The highest BCUT2D eigenvalue weighted by Gasteiger charge is 2.01. The second-order valence-corrected chi connectivity index (χ2v) is 1.07. The average Bonchev–Trinajstić information content (AvgIpc) is 1.67. The van der Waals surface area contributed by atoms with Gasteiger partial charge in [0.2, 0.25) is 6.29 Å². The number of hydrogen-bond acceptors (Lipinski definition) is 4. The lowest BCUT2D eigenvalue weighted by atomic mass is 10.6. The number of aliphatic hydroxyl groups excluding tert-OH is 1. The number of nitrogens with two attached hydrogens (primary N) is 1. The minimum Gasteiger partial charge on any atom is -0.398 e. The molecule has 0 spiro atoms. The van der Waals surface area contributed by atoms with Crippen LogP contribution in [0, 0.1) is 0 Å². The zero-order chi connectivity index (χ0) is 6.57. The molecule has 5 nitrogen and oxygen atoms in total. The summed E-state index contributed by atoms with van der Waals surface area (Å²) in [5, 5.41) is 19.4. The first kappa shape index (κ1) is 7.19. The highest BCUT2D eigenvalue weighted by molar-refractivity contribution is 5.82. The van der Waals surface area contributed by atoms with Crippen molar-refractivity contribution in [2.75, 3.05) is 7.11 Å². The number of hydrogen-bond donors (Lipinski definition) is 3. The van der Waals surface area contributed by atoms with E-state index in [9.17, 15) is 0 Å². The van der Waals surface area contributed by atoms with E-state index in [0.717, 1.165) is 0 Å². The van der Waals surface area contributed by atoms with Crippen LogP contribution in [0.2, 0.25) is 0 Å². The molecule has 0 aliphatic rings. The predicted octanol–water partition coefficient (Wildman–Crippen LogP) is -1.78. The largest absolute Gasteiger partial charge is 0.398 e. The maximum absolute atomic E-state index is 8.17. The maximum atomic E-state index is 8.17. The van der Waals surface area contributed by atoms with Crippen LogP contribution in [0.15, 0.2) is 5.16 Å². The minimum absolute atomic E-state index is 0.354. The monoisotopic (exact) mass is 120 g/mol. The van der Waals surface area contributed by atoms with Gasteiger partial charge in [-0.05, 0) is 0 Å². The SMILES string of the molecule is CON=C(N)C(O)O. The van der Waals surface area contributed by atoms with Crippen LogP contribution in [0.1, 0.15) is 0 Å². The van der Waals surface area contributed by atoms with Gasteiger partial charge in [-0.3, -0.25) is 0 Å². The Morgan fingerprint density at radius 2 is 2.25 bits per heavy atom. The number of nitrogens with zero attached hydrogens (tertiary/aromatic N) is 1. The molecule has 0 fully saturated rings. The molecule has 0 radical (unpaired) electrons. The third kappa shape index (κ3) is 2.38. The normalized spacial score (nSPS) is 12.2. The molecule has 0 aliphatic heterocycles. The zero-order valence-electron chi connectivity index (χ0n) is 4.40. The Morgan fingerprint density at radius 1 is 1.75 bits per heavy atom. The number of aliphatic hydroxyl groups is 2. The molecule has 0 aliphatic carbocycles. The van der Waals surface area contributed by atoms with Crippen molar-refractivity contribution in [3.05, 3.63) is 0 Å². The van der Waals surface area contributed by atoms with Crippen LogP contribution in [0.5, 0.6) is 0 Å². The number of oxime groups is 1. The maximum Gasteiger partial charge on any atom is 0.215 e. The molecular weight excluding hydrogens is 112 g/mol. The second kappa shape index (κ2) is 3.23. The van der Waals surface area contributed by atoms with Gasteiger partial charge in [0.15, 0.2) is 5.84 Å².